The number of nitrogens with zero attached hydrogens (tertiary/aromatic N) is 2. The molecule has 0 aliphatic rings. The van der Waals surface area contributed by atoms with Crippen LogP contribution in [0.3, 0.4) is 0 Å². The molecular weight excluding hydrogens is 616 g/mol. The Labute approximate surface area is 226 Å². The van der Waals surface area contributed by atoms with Crippen LogP contribution in [0, 0.1) is 31.7 Å². The third-order valence-corrected chi connectivity index (χ3v) is 5.08. The molecule has 6 rings (SSSR count). The Morgan fingerprint density at radius 1 is 0.886 bits per heavy atom. The van der Waals surface area contributed by atoms with Gasteiger partial charge in [0.25, 0.3) is 0 Å². The number of aromatic nitrogens is 2. The summed E-state index contributed by atoms with van der Waals surface area (Å²) in [6.45, 7) is -4.34. The second-order valence-electron chi connectivity index (χ2n) is 7.38. The maximum atomic E-state index is 13.7. The number of rotatable bonds is 2. The summed E-state index contributed by atoms with van der Waals surface area (Å²) in [5.41, 5.74) is 3.41. The number of aryl methyl sites for hydroxylation is 2. The van der Waals surface area contributed by atoms with E-state index in [9.17, 15) is 4.39 Å². The second-order valence-corrected chi connectivity index (χ2v) is 7.38. The molecule has 0 fully saturated rings. The number of hydrogen-bond acceptors (Lipinski definition) is 3. The van der Waals surface area contributed by atoms with Gasteiger partial charge < -0.3 is 14.4 Å². The molecule has 175 valence electrons. The zero-order valence-electron chi connectivity index (χ0n) is 25.1. The molecule has 0 saturated carbocycles. The number of hydrogen-bond donors (Lipinski definition) is 0. The first-order valence-electron chi connectivity index (χ1n) is 13.9. The number of pyridine rings is 2. The Kier molecular flexibility index (Phi) is 5.17. The molecule has 0 spiro atoms. The molecule has 3 aromatic carbocycles. The van der Waals surface area contributed by atoms with E-state index in [-0.39, 0.29) is 42.9 Å². The van der Waals surface area contributed by atoms with Crippen molar-refractivity contribution in [3.63, 3.8) is 0 Å². The van der Waals surface area contributed by atoms with Gasteiger partial charge in [0.2, 0.25) is 0 Å². The molecule has 0 unspecified atom stereocenters. The van der Waals surface area contributed by atoms with Gasteiger partial charge in [0, 0.05) is 52.2 Å². The minimum Gasteiger partial charge on any atom is -0.500 e. The fraction of sp³-hybridized carbons (Fsp3) is 0.0667. The van der Waals surface area contributed by atoms with Crippen molar-refractivity contribution in [3.05, 3.63) is 120 Å². The molecule has 0 aliphatic carbocycles. The van der Waals surface area contributed by atoms with Crippen molar-refractivity contribution in [2.75, 3.05) is 0 Å². The molecule has 3 nitrogen and oxygen atoms in total. The normalized spacial score (nSPS) is 14.1. The number of benzene rings is 3. The third kappa shape index (κ3) is 5.37. The average molecular weight is 644 g/mol. The first kappa shape index (κ1) is 16.9. The Bertz CT molecular complexity index is 1840. The van der Waals surface area contributed by atoms with Gasteiger partial charge in [-0.05, 0) is 48.9 Å². The van der Waals surface area contributed by atoms with E-state index < -0.39 is 19.5 Å². The average Bonchev–Trinajstić information content (AvgIpc) is 3.35. The van der Waals surface area contributed by atoms with Crippen LogP contribution in [-0.4, -0.2) is 9.97 Å². The molecule has 0 amide bonds. The summed E-state index contributed by atoms with van der Waals surface area (Å²) in [5, 5.41) is 1.31. The van der Waals surface area contributed by atoms with E-state index in [0.29, 0.717) is 27.6 Å². The van der Waals surface area contributed by atoms with Gasteiger partial charge in [-0.3, -0.25) is 0 Å². The Balaban J connectivity index is 0.000000207. The molecule has 5 heteroatoms. The summed E-state index contributed by atoms with van der Waals surface area (Å²) in [6.07, 6.45) is 2.81. The van der Waals surface area contributed by atoms with Crippen molar-refractivity contribution in [1.82, 2.24) is 9.97 Å². The smallest absolute Gasteiger partial charge is 0.126 e. The van der Waals surface area contributed by atoms with Crippen molar-refractivity contribution < 1.29 is 38.5 Å². The zero-order chi connectivity index (χ0) is 29.4. The van der Waals surface area contributed by atoms with Crippen LogP contribution in [0.4, 0.5) is 4.39 Å². The monoisotopic (exact) mass is 644 g/mol. The minimum atomic E-state index is -2.25. The summed E-state index contributed by atoms with van der Waals surface area (Å²) in [5.74, 6) is -0.667. The number of halogens is 1. The fourth-order valence-corrected chi connectivity index (χ4v) is 3.51. The maximum absolute atomic E-state index is 13.7. The van der Waals surface area contributed by atoms with E-state index in [1.54, 1.807) is 36.4 Å². The van der Waals surface area contributed by atoms with Crippen molar-refractivity contribution >= 4 is 21.9 Å². The van der Waals surface area contributed by atoms with Crippen LogP contribution in [0.15, 0.2) is 95.6 Å². The molecule has 0 aliphatic heterocycles. The van der Waals surface area contributed by atoms with Gasteiger partial charge >= 0.3 is 0 Å². The maximum Gasteiger partial charge on any atom is 0.126 e. The topological polar surface area (TPSA) is 38.9 Å². The fourth-order valence-electron chi connectivity index (χ4n) is 3.51. The van der Waals surface area contributed by atoms with E-state index in [1.165, 1.54) is 30.6 Å². The van der Waals surface area contributed by atoms with Crippen LogP contribution >= 0.6 is 0 Å². The van der Waals surface area contributed by atoms with E-state index in [0.717, 1.165) is 11.3 Å². The summed E-state index contributed by atoms with van der Waals surface area (Å²) in [4.78, 5) is 8.35. The predicted octanol–water partition coefficient (Wildman–Crippen LogP) is 7.75. The van der Waals surface area contributed by atoms with Gasteiger partial charge in [-0.1, -0.05) is 34.7 Å². The summed E-state index contributed by atoms with van der Waals surface area (Å²) in [6, 6.07) is 25.6. The van der Waals surface area contributed by atoms with Crippen LogP contribution < -0.4 is 0 Å². The second kappa shape index (κ2) is 10.7. The molecular formula is C30H21FIrN2O-2. The summed E-state index contributed by atoms with van der Waals surface area (Å²) >= 11 is 0. The van der Waals surface area contributed by atoms with Crippen molar-refractivity contribution in [1.29, 1.82) is 0 Å². The molecule has 3 heterocycles. The Morgan fingerprint density at radius 2 is 1.80 bits per heavy atom. The van der Waals surface area contributed by atoms with Crippen LogP contribution in [0.25, 0.3) is 44.5 Å². The van der Waals surface area contributed by atoms with Gasteiger partial charge in [-0.15, -0.1) is 54.1 Å². The van der Waals surface area contributed by atoms with Gasteiger partial charge in [0.15, 0.2) is 0 Å². The molecule has 35 heavy (non-hydrogen) atoms. The van der Waals surface area contributed by atoms with E-state index in [1.807, 2.05) is 18.2 Å². The predicted molar refractivity (Wildman–Crippen MR) is 134 cm³/mol. The SMILES string of the molecule is [2H]C([2H])([2H])c1ccc(-c2[c-]cccc2)nc1.[2H]c1c(F)ccc2c1oc1c(-c3cc(C([2H])([2H])[2H])ccn3)[c-]ccc12.[Ir]. The zero-order valence-corrected chi connectivity index (χ0v) is 20.5. The van der Waals surface area contributed by atoms with E-state index in [2.05, 4.69) is 22.1 Å². The van der Waals surface area contributed by atoms with Crippen LogP contribution in [-0.2, 0) is 20.1 Å². The number of fused-ring (bicyclic) bond motifs is 3. The van der Waals surface area contributed by atoms with Crippen molar-refractivity contribution in [2.45, 2.75) is 13.7 Å². The van der Waals surface area contributed by atoms with Gasteiger partial charge in [-0.25, -0.2) is 4.39 Å². The Hall–Kier alpha value is -3.66. The Morgan fingerprint density at radius 3 is 2.57 bits per heavy atom. The first-order valence-corrected chi connectivity index (χ1v) is 10.4. The molecule has 0 bridgehead atoms. The minimum absolute atomic E-state index is 0. The molecule has 1 radical (unpaired) electrons. The molecule has 3 aromatic heterocycles. The van der Waals surface area contributed by atoms with Crippen molar-refractivity contribution in [2.24, 2.45) is 0 Å². The van der Waals surface area contributed by atoms with Crippen LogP contribution in [0.2, 0.25) is 0 Å². The van der Waals surface area contributed by atoms with E-state index in [4.69, 9.17) is 14.0 Å². The third-order valence-electron chi connectivity index (χ3n) is 5.08. The van der Waals surface area contributed by atoms with E-state index >= 15 is 0 Å². The van der Waals surface area contributed by atoms with Crippen LogP contribution in [0.5, 0.6) is 0 Å². The van der Waals surface area contributed by atoms with Gasteiger partial charge in [0.1, 0.15) is 11.4 Å². The quantitative estimate of drug-likeness (QED) is 0.181. The largest absolute Gasteiger partial charge is 0.500 e. The van der Waals surface area contributed by atoms with Crippen LogP contribution in [0.1, 0.15) is 20.7 Å². The van der Waals surface area contributed by atoms with Gasteiger partial charge in [0.05, 0.1) is 6.95 Å². The summed E-state index contributed by atoms with van der Waals surface area (Å²) in [7, 11) is 0. The molecule has 0 saturated heterocycles. The molecule has 0 atom stereocenters. The van der Waals surface area contributed by atoms with Crippen molar-refractivity contribution in [3.8, 4) is 22.5 Å². The number of furan rings is 1. The molecule has 6 aromatic rings. The molecule has 0 N–H and O–H groups in total. The first-order chi connectivity index (χ1) is 19.4. The summed E-state index contributed by atoms with van der Waals surface area (Å²) < 4.78 is 71.6. The van der Waals surface area contributed by atoms with Gasteiger partial charge in [-0.2, -0.15) is 0 Å². The standard InChI is InChI=1S/C18H11FNO.C12H10N.Ir/c1-11-7-8-20-16(9-11)15-4-2-3-14-13-6-5-12(19)10-17(13)21-18(14)15;1-10-7-8-12(13-9-10)11-5-3-2-4-6-11;/h2-3,5-10H,1H3;2-5,7-9H,1H3;/q2*-1;/i1D3,10D;1D3;.